The molecule has 4 aromatic rings. The summed E-state index contributed by atoms with van der Waals surface area (Å²) in [5, 5.41) is 8.05. The Balaban J connectivity index is 0.000000250. The average Bonchev–Trinajstić information content (AvgIpc) is 3.29. The lowest BCUT2D eigenvalue weighted by Crippen LogP contribution is -2.54. The van der Waals surface area contributed by atoms with Gasteiger partial charge in [0.25, 0.3) is 3.79 Å². The Bertz CT molecular complexity index is 2080. The van der Waals surface area contributed by atoms with Gasteiger partial charge in [0.05, 0.1) is 45.7 Å². The maximum Gasteiger partial charge on any atom is 0.335 e. The van der Waals surface area contributed by atoms with Crippen molar-refractivity contribution in [3.05, 3.63) is 138 Å². The third kappa shape index (κ3) is 16.9. The number of benzene rings is 4. The lowest BCUT2D eigenvalue weighted by Gasteiger charge is -2.41. The van der Waals surface area contributed by atoms with Crippen LogP contribution < -0.4 is 4.74 Å². The normalized spacial score (nSPS) is 22.9. The molecule has 0 aromatic heterocycles. The smallest absolute Gasteiger partial charge is 0.335 e. The van der Waals surface area contributed by atoms with Gasteiger partial charge < -0.3 is 47.4 Å². The molecule has 2 fully saturated rings. The first-order chi connectivity index (χ1) is 31.2. The van der Waals surface area contributed by atoms with Crippen LogP contribution in [0.25, 0.3) is 0 Å². The van der Waals surface area contributed by atoms with Crippen molar-refractivity contribution in [2.75, 3.05) is 20.3 Å². The number of carbonyl (C=O) groups excluding carboxylic acids is 3. The quantitative estimate of drug-likeness (QED) is 0.0352. The van der Waals surface area contributed by atoms with Crippen molar-refractivity contribution in [1.82, 2.24) is 0 Å². The van der Waals surface area contributed by atoms with E-state index in [1.807, 2.05) is 122 Å². The zero-order valence-corrected chi connectivity index (χ0v) is 38.7. The summed E-state index contributed by atoms with van der Waals surface area (Å²) in [6, 6.07) is 36.2. The van der Waals surface area contributed by atoms with Gasteiger partial charge in [0, 0.05) is 26.2 Å². The van der Waals surface area contributed by atoms with E-state index in [1.165, 1.54) is 13.8 Å². The second-order valence-corrected chi connectivity index (χ2v) is 17.5. The lowest BCUT2D eigenvalue weighted by molar-refractivity contribution is -0.271. The number of hydrogen-bond acceptors (Lipinski definition) is 14. The van der Waals surface area contributed by atoms with Gasteiger partial charge in [-0.15, -0.1) is 0 Å². The Hall–Kier alpha value is -4.77. The van der Waals surface area contributed by atoms with Gasteiger partial charge >= 0.3 is 17.9 Å². The molecule has 14 nitrogen and oxygen atoms in total. The molecule has 0 radical (unpaired) electrons. The van der Waals surface area contributed by atoms with E-state index in [4.69, 9.17) is 87.6 Å². The summed E-state index contributed by atoms with van der Waals surface area (Å²) < 4.78 is 54.8. The van der Waals surface area contributed by atoms with Crippen molar-refractivity contribution in [2.45, 2.75) is 100 Å². The van der Waals surface area contributed by atoms with Gasteiger partial charge in [0.1, 0.15) is 31.2 Å². The number of carbonyl (C=O) groups is 3. The first-order valence-electron chi connectivity index (χ1n) is 20.9. The van der Waals surface area contributed by atoms with Crippen LogP contribution >= 0.6 is 34.8 Å². The van der Waals surface area contributed by atoms with Crippen LogP contribution in [0.5, 0.6) is 5.75 Å². The Morgan fingerprint density at radius 3 is 1.71 bits per heavy atom. The molecule has 350 valence electrons. The topological polar surface area (TPSA) is 167 Å². The number of ether oxygens (including phenoxy) is 10. The van der Waals surface area contributed by atoms with Crippen molar-refractivity contribution in [3.8, 4) is 5.75 Å². The number of esters is 3. The first-order valence-corrected chi connectivity index (χ1v) is 22.0. The minimum absolute atomic E-state index is 0.0350. The number of halogens is 3. The molecule has 0 bridgehead atoms. The van der Waals surface area contributed by atoms with E-state index in [2.05, 4.69) is 0 Å². The molecule has 4 aromatic carbocycles. The Morgan fingerprint density at radius 2 is 1.18 bits per heavy atom. The third-order valence-electron chi connectivity index (χ3n) is 10.2. The first kappa shape index (κ1) is 51.2. The molecule has 2 aliphatic rings. The van der Waals surface area contributed by atoms with Crippen molar-refractivity contribution in [2.24, 2.45) is 5.92 Å². The highest BCUT2D eigenvalue weighted by atomic mass is 35.6. The van der Waals surface area contributed by atoms with Gasteiger partial charge in [-0.2, -0.15) is 0 Å². The zero-order chi connectivity index (χ0) is 46.8. The molecule has 8 atom stereocenters. The van der Waals surface area contributed by atoms with Crippen LogP contribution in [0.3, 0.4) is 0 Å². The molecule has 65 heavy (non-hydrogen) atoms. The fourth-order valence-electron chi connectivity index (χ4n) is 6.92. The second-order valence-electron chi connectivity index (χ2n) is 15.2. The van der Waals surface area contributed by atoms with E-state index in [0.29, 0.717) is 19.6 Å². The van der Waals surface area contributed by atoms with Crippen molar-refractivity contribution in [3.63, 3.8) is 0 Å². The van der Waals surface area contributed by atoms with Crippen molar-refractivity contribution >= 4 is 58.6 Å². The molecule has 0 aliphatic carbocycles. The predicted molar refractivity (Wildman–Crippen MR) is 241 cm³/mol. The molecule has 1 N–H and O–H groups in total. The number of alkyl halides is 3. The molecule has 5 unspecified atom stereocenters. The lowest BCUT2D eigenvalue weighted by atomic mass is 9.91. The third-order valence-corrected chi connectivity index (χ3v) is 10.7. The number of nitrogens with one attached hydrogen (secondary N) is 1. The summed E-state index contributed by atoms with van der Waals surface area (Å²) in [5.74, 6) is -1.58. The summed E-state index contributed by atoms with van der Waals surface area (Å²) in [7, 11) is 1.59. The number of methoxy groups -OCH3 is 1. The van der Waals surface area contributed by atoms with E-state index in [-0.39, 0.29) is 32.3 Å². The van der Waals surface area contributed by atoms with Gasteiger partial charge in [-0.05, 0) is 34.4 Å². The molecule has 2 heterocycles. The Kier molecular flexibility index (Phi) is 20.3. The largest absolute Gasteiger partial charge is 0.497 e. The standard InChI is InChI=1S/C25H28Cl3NO7.C23H26O6/c1-16(30)32-15-20-12-21(33-13-17-6-4-3-5-7-17)22(23(35-20)36-24(29)25(26,27)28)34-14-18-8-10-19(31-2)11-9-18;1-16-21(26-13-18-9-5-3-6-10-18)20(29-17(2)24)15-27-22(16)23(25)28-14-19-11-7-4-8-12-19/h3-11,20-23,29H,12-15H2,1-2H3;3-12,16,20-22H,13-15H2,1-2H3/t20?,21-,22?,23?;16-,20?,21+,22?/m10/s1. The highest BCUT2D eigenvalue weighted by molar-refractivity contribution is 6.76. The van der Waals surface area contributed by atoms with Crippen LogP contribution in [-0.2, 0) is 83.4 Å². The number of hydrogen-bond donors (Lipinski definition) is 1. The molecule has 17 heteroatoms. The Labute approximate surface area is 394 Å². The highest BCUT2D eigenvalue weighted by Gasteiger charge is 2.46. The Morgan fingerprint density at radius 1 is 0.662 bits per heavy atom. The summed E-state index contributed by atoms with van der Waals surface area (Å²) in [5.41, 5.74) is 3.73. The van der Waals surface area contributed by atoms with Crippen LogP contribution in [0.1, 0.15) is 49.4 Å². The van der Waals surface area contributed by atoms with Crippen LogP contribution in [0.2, 0.25) is 0 Å². The second kappa shape index (κ2) is 25.8. The van der Waals surface area contributed by atoms with E-state index >= 15 is 0 Å². The van der Waals surface area contributed by atoms with Crippen molar-refractivity contribution in [1.29, 1.82) is 5.41 Å². The SMILES string of the molecule is CC(=O)OC1COC(C(=O)OCc2ccccc2)[C@@H](C)[C@H]1OCc1ccccc1.COc1ccc(COC2C(OC(=N)C(Cl)(Cl)Cl)OC(COC(C)=O)C[C@H]2OCc2ccccc2)cc1. The number of rotatable bonds is 17. The van der Waals surface area contributed by atoms with Crippen LogP contribution in [0.15, 0.2) is 115 Å². The molecule has 0 amide bonds. The fraction of sp³-hybridized carbons (Fsp3) is 0.417. The summed E-state index contributed by atoms with van der Waals surface area (Å²) in [6.45, 7) is 5.55. The average molecular weight is 959 g/mol. The molecule has 0 spiro atoms. The fourth-order valence-corrected chi connectivity index (χ4v) is 7.05. The van der Waals surface area contributed by atoms with Gasteiger partial charge in [0.2, 0.25) is 12.2 Å². The molecule has 2 aliphatic heterocycles. The van der Waals surface area contributed by atoms with Gasteiger partial charge in [-0.1, -0.05) is 145 Å². The van der Waals surface area contributed by atoms with E-state index in [0.717, 1.165) is 28.0 Å². The molecule has 0 saturated carbocycles. The monoisotopic (exact) mass is 957 g/mol. The van der Waals surface area contributed by atoms with Crippen molar-refractivity contribution < 1.29 is 61.8 Å². The van der Waals surface area contributed by atoms with E-state index in [1.54, 1.807) is 7.11 Å². The van der Waals surface area contributed by atoms with Gasteiger partial charge in [-0.25, -0.2) is 4.79 Å². The van der Waals surface area contributed by atoms with Crippen LogP contribution in [-0.4, -0.2) is 90.8 Å². The molecule has 2 saturated heterocycles. The van der Waals surface area contributed by atoms with Gasteiger partial charge in [0.15, 0.2) is 12.2 Å². The van der Waals surface area contributed by atoms with Gasteiger partial charge in [-0.3, -0.25) is 15.0 Å². The molecular weight excluding hydrogens is 905 g/mol. The highest BCUT2D eigenvalue weighted by Crippen LogP contribution is 2.33. The zero-order valence-electron chi connectivity index (χ0n) is 36.5. The van der Waals surface area contributed by atoms with E-state index < -0.39 is 70.5 Å². The maximum atomic E-state index is 12.6. The predicted octanol–water partition coefficient (Wildman–Crippen LogP) is 8.49. The minimum Gasteiger partial charge on any atom is -0.497 e. The van der Waals surface area contributed by atoms with E-state index in [9.17, 15) is 14.4 Å². The summed E-state index contributed by atoms with van der Waals surface area (Å²) in [4.78, 5) is 35.5. The molecular formula is C48H54Cl3NO13. The minimum atomic E-state index is -2.10. The van der Waals surface area contributed by atoms with Crippen LogP contribution in [0, 0.1) is 11.3 Å². The summed E-state index contributed by atoms with van der Waals surface area (Å²) in [6.07, 6.45) is -4.61. The maximum absolute atomic E-state index is 12.6. The van der Waals surface area contributed by atoms with Crippen LogP contribution in [0.4, 0.5) is 0 Å². The summed E-state index contributed by atoms with van der Waals surface area (Å²) >= 11 is 17.5. The molecule has 6 rings (SSSR count).